The lowest BCUT2D eigenvalue weighted by molar-refractivity contribution is -0.140. The van der Waals surface area contributed by atoms with E-state index in [4.69, 9.17) is 4.74 Å². The van der Waals surface area contributed by atoms with Crippen LogP contribution in [0, 0.1) is 5.82 Å². The van der Waals surface area contributed by atoms with Crippen molar-refractivity contribution in [2.75, 3.05) is 24.2 Å². The van der Waals surface area contributed by atoms with Crippen LogP contribution in [0.5, 0.6) is 5.75 Å². The Bertz CT molecular complexity index is 1440. The quantitative estimate of drug-likeness (QED) is 0.328. The summed E-state index contributed by atoms with van der Waals surface area (Å²) in [5.41, 5.74) is 1.73. The van der Waals surface area contributed by atoms with Gasteiger partial charge in [-0.25, -0.2) is 12.8 Å². The lowest BCUT2D eigenvalue weighted by Gasteiger charge is -2.35. The van der Waals surface area contributed by atoms with Crippen molar-refractivity contribution in [3.05, 3.63) is 95.8 Å². The van der Waals surface area contributed by atoms with Crippen LogP contribution < -0.4 is 14.4 Å². The zero-order chi connectivity index (χ0) is 30.1. The van der Waals surface area contributed by atoms with Gasteiger partial charge in [-0.15, -0.1) is 0 Å². The summed E-state index contributed by atoms with van der Waals surface area (Å²) in [6.07, 6.45) is 6.17. The lowest BCUT2D eigenvalue weighted by Crippen LogP contribution is -2.55. The topological polar surface area (TPSA) is 96.0 Å². The molecule has 0 radical (unpaired) electrons. The summed E-state index contributed by atoms with van der Waals surface area (Å²) in [6, 6.07) is 20.6. The van der Waals surface area contributed by atoms with E-state index in [1.165, 1.54) is 30.2 Å². The molecule has 1 saturated carbocycles. The first-order chi connectivity index (χ1) is 20.1. The molecule has 8 nitrogen and oxygen atoms in total. The fourth-order valence-electron chi connectivity index (χ4n) is 5.26. The second-order valence-corrected chi connectivity index (χ2v) is 12.6. The van der Waals surface area contributed by atoms with Gasteiger partial charge in [-0.2, -0.15) is 0 Å². The molecule has 42 heavy (non-hydrogen) atoms. The molecule has 2 amide bonds. The summed E-state index contributed by atoms with van der Waals surface area (Å²) in [4.78, 5) is 29.5. The minimum absolute atomic E-state index is 0.00951. The number of carbonyl (C=O) groups is 2. The number of methoxy groups -OCH3 is 1. The van der Waals surface area contributed by atoms with E-state index in [1.807, 2.05) is 30.3 Å². The van der Waals surface area contributed by atoms with Gasteiger partial charge in [-0.1, -0.05) is 67.8 Å². The largest absolute Gasteiger partial charge is 0.497 e. The molecule has 0 aliphatic heterocycles. The third-order valence-corrected chi connectivity index (χ3v) is 8.65. The van der Waals surface area contributed by atoms with Gasteiger partial charge in [-0.05, 0) is 48.2 Å². The fourth-order valence-corrected chi connectivity index (χ4v) is 6.11. The zero-order valence-corrected chi connectivity index (χ0v) is 24.9. The SMILES string of the molecule is COc1cccc(N(CC(=O)N(Cc2ccc(F)cc2)C(Cc2ccccc2)C(=O)NC2CCCCC2)S(C)(=O)=O)c1. The van der Waals surface area contributed by atoms with E-state index in [2.05, 4.69) is 5.32 Å². The lowest BCUT2D eigenvalue weighted by atomic mass is 9.94. The van der Waals surface area contributed by atoms with Crippen LogP contribution >= 0.6 is 0 Å². The van der Waals surface area contributed by atoms with Crippen LogP contribution in [0.1, 0.15) is 43.2 Å². The van der Waals surface area contributed by atoms with Gasteiger partial charge in [0.15, 0.2) is 0 Å². The maximum Gasteiger partial charge on any atom is 0.244 e. The van der Waals surface area contributed by atoms with Gasteiger partial charge in [0.1, 0.15) is 24.2 Å². The Morgan fingerprint density at radius 3 is 2.29 bits per heavy atom. The molecule has 0 saturated heterocycles. The molecule has 1 atom stereocenters. The monoisotopic (exact) mass is 595 g/mol. The van der Waals surface area contributed by atoms with E-state index in [9.17, 15) is 22.4 Å². The Morgan fingerprint density at radius 2 is 1.64 bits per heavy atom. The molecule has 1 aliphatic rings. The first-order valence-corrected chi connectivity index (χ1v) is 16.0. The molecule has 4 rings (SSSR count). The number of halogens is 1. The fraction of sp³-hybridized carbons (Fsp3) is 0.375. The van der Waals surface area contributed by atoms with Gasteiger partial charge in [0.25, 0.3) is 0 Å². The number of carbonyl (C=O) groups excluding carboxylic acids is 2. The molecular weight excluding hydrogens is 557 g/mol. The standard InChI is InChI=1S/C32H38FN3O5S/c1-41-29-15-9-14-28(21-29)36(42(2,39)40)23-31(37)35(22-25-16-18-26(33)19-17-25)30(20-24-10-5-3-6-11-24)32(38)34-27-12-7-4-8-13-27/h3,5-6,9-11,14-19,21,27,30H,4,7-8,12-13,20,22-23H2,1-2H3,(H,34,38). The summed E-state index contributed by atoms with van der Waals surface area (Å²) in [5, 5.41) is 3.16. The van der Waals surface area contributed by atoms with Crippen molar-refractivity contribution in [1.29, 1.82) is 0 Å². The Labute approximate surface area is 247 Å². The normalized spacial score (nSPS) is 14.5. The molecule has 0 heterocycles. The molecule has 1 aliphatic carbocycles. The van der Waals surface area contributed by atoms with E-state index >= 15 is 0 Å². The number of benzene rings is 3. The van der Waals surface area contributed by atoms with Crippen LogP contribution in [-0.2, 0) is 32.6 Å². The summed E-state index contributed by atoms with van der Waals surface area (Å²) < 4.78 is 45.9. The van der Waals surface area contributed by atoms with Gasteiger partial charge in [-0.3, -0.25) is 13.9 Å². The highest BCUT2D eigenvalue weighted by atomic mass is 32.2. The Hall–Kier alpha value is -3.92. The second-order valence-electron chi connectivity index (χ2n) is 10.7. The van der Waals surface area contributed by atoms with Crippen LogP contribution in [0.4, 0.5) is 10.1 Å². The predicted molar refractivity (Wildman–Crippen MR) is 161 cm³/mol. The molecule has 224 valence electrons. The summed E-state index contributed by atoms with van der Waals surface area (Å²) in [5.74, 6) is -0.847. The molecule has 0 bridgehead atoms. The number of hydrogen-bond acceptors (Lipinski definition) is 5. The number of hydrogen-bond donors (Lipinski definition) is 1. The van der Waals surface area contributed by atoms with E-state index in [-0.39, 0.29) is 30.6 Å². The van der Waals surface area contributed by atoms with Crippen molar-refractivity contribution in [2.24, 2.45) is 0 Å². The molecule has 10 heteroatoms. The summed E-state index contributed by atoms with van der Waals surface area (Å²) in [6.45, 7) is -0.542. The number of nitrogens with one attached hydrogen (secondary N) is 1. The Balaban J connectivity index is 1.72. The molecule has 1 fully saturated rings. The van der Waals surface area contributed by atoms with E-state index in [0.717, 1.165) is 48.2 Å². The number of sulfonamides is 1. The first-order valence-electron chi connectivity index (χ1n) is 14.1. The van der Waals surface area contributed by atoms with Gasteiger partial charge in [0, 0.05) is 25.1 Å². The number of nitrogens with zero attached hydrogens (tertiary/aromatic N) is 2. The van der Waals surface area contributed by atoms with Gasteiger partial charge in [0.2, 0.25) is 21.8 Å². The van der Waals surface area contributed by atoms with Crippen LogP contribution in [0.2, 0.25) is 0 Å². The molecular formula is C32H38FN3O5S. The second kappa shape index (κ2) is 14.3. The number of amides is 2. The highest BCUT2D eigenvalue weighted by Crippen LogP contribution is 2.25. The number of ether oxygens (including phenoxy) is 1. The Kier molecular flexibility index (Phi) is 10.6. The smallest absolute Gasteiger partial charge is 0.244 e. The van der Waals surface area contributed by atoms with Gasteiger partial charge in [0.05, 0.1) is 19.1 Å². The van der Waals surface area contributed by atoms with E-state index in [0.29, 0.717) is 11.3 Å². The third kappa shape index (κ3) is 8.55. The molecule has 3 aromatic carbocycles. The predicted octanol–water partition coefficient (Wildman–Crippen LogP) is 4.69. The van der Waals surface area contributed by atoms with Crippen LogP contribution in [0.3, 0.4) is 0 Å². The minimum atomic E-state index is -3.90. The molecule has 1 unspecified atom stereocenters. The highest BCUT2D eigenvalue weighted by Gasteiger charge is 2.34. The number of rotatable bonds is 12. The van der Waals surface area contributed by atoms with E-state index < -0.39 is 34.3 Å². The average molecular weight is 596 g/mol. The van der Waals surface area contributed by atoms with Crippen molar-refractivity contribution in [2.45, 2.75) is 57.2 Å². The van der Waals surface area contributed by atoms with Crippen LogP contribution in [0.25, 0.3) is 0 Å². The van der Waals surface area contributed by atoms with Crippen LogP contribution in [-0.4, -0.2) is 57.1 Å². The van der Waals surface area contributed by atoms with E-state index in [1.54, 1.807) is 30.3 Å². The maximum atomic E-state index is 14.2. The highest BCUT2D eigenvalue weighted by molar-refractivity contribution is 7.92. The third-order valence-electron chi connectivity index (χ3n) is 7.51. The molecule has 3 aromatic rings. The molecule has 0 spiro atoms. The maximum absolute atomic E-state index is 14.2. The van der Waals surface area contributed by atoms with Crippen molar-refractivity contribution in [1.82, 2.24) is 10.2 Å². The number of anilines is 1. The Morgan fingerprint density at radius 1 is 0.952 bits per heavy atom. The van der Waals surface area contributed by atoms with Crippen molar-refractivity contribution in [3.8, 4) is 5.75 Å². The summed E-state index contributed by atoms with van der Waals surface area (Å²) >= 11 is 0. The van der Waals surface area contributed by atoms with Gasteiger partial charge < -0.3 is 15.0 Å². The van der Waals surface area contributed by atoms with Gasteiger partial charge >= 0.3 is 0 Å². The summed E-state index contributed by atoms with van der Waals surface area (Å²) in [7, 11) is -2.43. The minimum Gasteiger partial charge on any atom is -0.497 e. The molecule has 0 aromatic heterocycles. The van der Waals surface area contributed by atoms with Crippen LogP contribution in [0.15, 0.2) is 78.9 Å². The van der Waals surface area contributed by atoms with Crippen molar-refractivity contribution < 1.29 is 27.1 Å². The van der Waals surface area contributed by atoms with Crippen molar-refractivity contribution >= 4 is 27.5 Å². The first kappa shape index (κ1) is 31.0. The average Bonchev–Trinajstić information content (AvgIpc) is 2.99. The zero-order valence-electron chi connectivity index (χ0n) is 24.0. The molecule has 1 N–H and O–H groups in total. The van der Waals surface area contributed by atoms with Crippen molar-refractivity contribution in [3.63, 3.8) is 0 Å².